The summed E-state index contributed by atoms with van der Waals surface area (Å²) in [5.41, 5.74) is 3.88. The van der Waals surface area contributed by atoms with E-state index in [-0.39, 0.29) is 17.9 Å². The average Bonchev–Trinajstić information content (AvgIpc) is 3.41. The van der Waals surface area contributed by atoms with Crippen molar-refractivity contribution >= 4 is 33.2 Å². The monoisotopic (exact) mass is 479 g/mol. The van der Waals surface area contributed by atoms with Crippen molar-refractivity contribution in [1.82, 2.24) is 14.7 Å². The number of likely N-dealkylation sites (tertiary alicyclic amines) is 2. The second-order valence-corrected chi connectivity index (χ2v) is 10.9. The van der Waals surface area contributed by atoms with E-state index in [1.165, 1.54) is 15.0 Å². The lowest BCUT2D eigenvalue weighted by atomic mass is 9.97. The molecule has 174 valence electrons. The molecule has 0 unspecified atom stereocenters. The largest absolute Gasteiger partial charge is 0.335 e. The molecule has 0 radical (unpaired) electrons. The van der Waals surface area contributed by atoms with Gasteiger partial charge in [-0.1, -0.05) is 48.5 Å². The molecule has 3 aliphatic heterocycles. The quantitative estimate of drug-likeness (QED) is 0.425. The smallest absolute Gasteiger partial charge is 0.254 e. The zero-order valence-electron chi connectivity index (χ0n) is 19.3. The number of benzene rings is 3. The van der Waals surface area contributed by atoms with E-state index in [9.17, 15) is 9.59 Å². The summed E-state index contributed by atoms with van der Waals surface area (Å²) >= 11 is 1.78. The van der Waals surface area contributed by atoms with E-state index in [1.807, 2.05) is 46.2 Å². The van der Waals surface area contributed by atoms with Crippen molar-refractivity contribution < 1.29 is 9.59 Å². The highest BCUT2D eigenvalue weighted by Crippen LogP contribution is 2.34. The first kappa shape index (κ1) is 20.9. The molecule has 35 heavy (non-hydrogen) atoms. The van der Waals surface area contributed by atoms with E-state index in [0.717, 1.165) is 55.0 Å². The molecular weight excluding hydrogens is 454 g/mol. The van der Waals surface area contributed by atoms with Gasteiger partial charge in [0.1, 0.15) is 0 Å². The lowest BCUT2D eigenvalue weighted by Crippen LogP contribution is -2.70. The Hall–Kier alpha value is -3.48. The number of rotatable bonds is 4. The number of hydrogen-bond acceptors (Lipinski definition) is 4. The Labute approximate surface area is 208 Å². The summed E-state index contributed by atoms with van der Waals surface area (Å²) in [6.45, 7) is 4.04. The number of thiophene rings is 1. The summed E-state index contributed by atoms with van der Waals surface area (Å²) in [7, 11) is 0. The van der Waals surface area contributed by atoms with Gasteiger partial charge in [0.05, 0.1) is 6.04 Å². The van der Waals surface area contributed by atoms with Crippen LogP contribution < -0.4 is 0 Å². The van der Waals surface area contributed by atoms with Gasteiger partial charge in [0, 0.05) is 59.5 Å². The van der Waals surface area contributed by atoms with Gasteiger partial charge in [-0.25, -0.2) is 0 Å². The molecule has 2 amide bonds. The van der Waals surface area contributed by atoms with E-state index in [2.05, 4.69) is 47.4 Å². The van der Waals surface area contributed by atoms with E-state index >= 15 is 0 Å². The fourth-order valence-corrected chi connectivity index (χ4v) is 6.56. The number of hydrogen-bond donors (Lipinski definition) is 0. The molecule has 6 heteroatoms. The molecule has 3 aliphatic rings. The molecule has 4 aromatic rings. The molecule has 1 aromatic heterocycles. The van der Waals surface area contributed by atoms with E-state index < -0.39 is 0 Å². The molecular formula is C29H25N3O2S. The maximum atomic E-state index is 13.0. The topological polar surface area (TPSA) is 43.9 Å². The van der Waals surface area contributed by atoms with Crippen LogP contribution in [0.2, 0.25) is 0 Å². The summed E-state index contributed by atoms with van der Waals surface area (Å²) in [4.78, 5) is 33.3. The van der Waals surface area contributed by atoms with Crippen LogP contribution in [0.1, 0.15) is 26.3 Å². The third-order valence-corrected chi connectivity index (χ3v) is 8.85. The molecule has 0 saturated carbocycles. The summed E-state index contributed by atoms with van der Waals surface area (Å²) in [5.74, 6) is 0.265. The Morgan fingerprint density at radius 1 is 0.829 bits per heavy atom. The molecule has 5 nitrogen and oxygen atoms in total. The summed E-state index contributed by atoms with van der Waals surface area (Å²) in [5, 5.41) is 1.26. The molecule has 7 rings (SSSR count). The summed E-state index contributed by atoms with van der Waals surface area (Å²) in [6.07, 6.45) is 0. The molecule has 3 aromatic carbocycles. The van der Waals surface area contributed by atoms with Crippen molar-refractivity contribution in [3.05, 3.63) is 95.6 Å². The summed E-state index contributed by atoms with van der Waals surface area (Å²) < 4.78 is 1.28. The Kier molecular flexibility index (Phi) is 4.79. The normalized spacial score (nSPS) is 18.6. The lowest BCUT2D eigenvalue weighted by Gasteiger charge is -2.53. The second kappa shape index (κ2) is 8.04. The predicted octanol–water partition coefficient (Wildman–Crippen LogP) is 4.73. The van der Waals surface area contributed by atoms with Gasteiger partial charge in [0.25, 0.3) is 11.8 Å². The Balaban J connectivity index is 0.938. The van der Waals surface area contributed by atoms with Gasteiger partial charge in [-0.15, -0.1) is 11.3 Å². The molecule has 2 saturated heterocycles. The zero-order valence-corrected chi connectivity index (χ0v) is 20.1. The molecule has 0 spiro atoms. The zero-order chi connectivity index (χ0) is 23.5. The van der Waals surface area contributed by atoms with Crippen LogP contribution in [0, 0.1) is 0 Å². The van der Waals surface area contributed by atoms with Crippen molar-refractivity contribution in [3.63, 3.8) is 0 Å². The maximum absolute atomic E-state index is 13.0. The highest BCUT2D eigenvalue weighted by atomic mass is 32.1. The van der Waals surface area contributed by atoms with Crippen LogP contribution in [0.5, 0.6) is 0 Å². The molecule has 2 fully saturated rings. The fraction of sp³-hybridized carbons (Fsp3) is 0.241. The first-order valence-corrected chi connectivity index (χ1v) is 13.0. The predicted molar refractivity (Wildman–Crippen MR) is 139 cm³/mol. The van der Waals surface area contributed by atoms with Crippen LogP contribution in [0.3, 0.4) is 0 Å². The minimum absolute atomic E-state index is 0.103. The first-order chi connectivity index (χ1) is 17.1. The molecule has 0 atom stereocenters. The van der Waals surface area contributed by atoms with Crippen molar-refractivity contribution in [2.24, 2.45) is 0 Å². The van der Waals surface area contributed by atoms with Crippen LogP contribution in [0.4, 0.5) is 0 Å². The van der Waals surface area contributed by atoms with Crippen LogP contribution in [0.25, 0.3) is 20.5 Å². The van der Waals surface area contributed by atoms with Crippen molar-refractivity contribution in [1.29, 1.82) is 0 Å². The van der Waals surface area contributed by atoms with Crippen molar-refractivity contribution in [2.75, 3.05) is 26.2 Å². The van der Waals surface area contributed by atoms with Crippen LogP contribution in [-0.2, 0) is 6.54 Å². The highest BCUT2D eigenvalue weighted by Gasteiger charge is 2.45. The van der Waals surface area contributed by atoms with E-state index in [1.54, 1.807) is 11.3 Å². The van der Waals surface area contributed by atoms with Gasteiger partial charge < -0.3 is 9.80 Å². The molecule has 0 N–H and O–H groups in total. The van der Waals surface area contributed by atoms with Gasteiger partial charge in [0.2, 0.25) is 0 Å². The van der Waals surface area contributed by atoms with E-state index in [0.29, 0.717) is 6.04 Å². The van der Waals surface area contributed by atoms with Gasteiger partial charge in [-0.2, -0.15) is 0 Å². The van der Waals surface area contributed by atoms with Gasteiger partial charge in [-0.05, 0) is 46.8 Å². The number of fused-ring (bicyclic) bond motifs is 2. The average molecular weight is 480 g/mol. The maximum Gasteiger partial charge on any atom is 0.254 e. The van der Waals surface area contributed by atoms with Crippen molar-refractivity contribution in [2.45, 2.75) is 18.6 Å². The molecule has 0 aliphatic carbocycles. The minimum atomic E-state index is 0.103. The summed E-state index contributed by atoms with van der Waals surface area (Å²) in [6, 6.07) is 27.2. The third-order valence-electron chi connectivity index (χ3n) is 7.69. The van der Waals surface area contributed by atoms with Crippen LogP contribution >= 0.6 is 11.3 Å². The van der Waals surface area contributed by atoms with Gasteiger partial charge >= 0.3 is 0 Å². The lowest BCUT2D eigenvalue weighted by molar-refractivity contribution is -0.0364. The number of nitrogens with zero attached hydrogens (tertiary/aromatic N) is 3. The molecule has 0 bridgehead atoms. The minimum Gasteiger partial charge on any atom is -0.335 e. The Morgan fingerprint density at radius 2 is 1.57 bits per heavy atom. The fourth-order valence-electron chi connectivity index (χ4n) is 5.49. The number of carbonyl (C=O) groups is 2. The SMILES string of the molecule is O=C(c1ccc(-c2cc3ccccc3s2)cc1)N1CC(N2CC(N3Cc4ccccc4C3=O)C2)C1. The third kappa shape index (κ3) is 3.48. The standard InChI is InChI=1S/C29H25N3O2S/c33-28(20-11-9-19(10-12-20)27-13-21-5-2-4-8-26(21)35-27)31-15-23(16-31)30-17-24(18-30)32-14-22-6-1-3-7-25(22)29(32)34/h1-13,23-24H,14-18H2. The van der Waals surface area contributed by atoms with Crippen LogP contribution in [-0.4, -0.2) is 64.8 Å². The Morgan fingerprint density at radius 3 is 2.34 bits per heavy atom. The first-order valence-electron chi connectivity index (χ1n) is 12.2. The van der Waals surface area contributed by atoms with Crippen molar-refractivity contribution in [3.8, 4) is 10.4 Å². The number of carbonyl (C=O) groups excluding carboxylic acids is 2. The van der Waals surface area contributed by atoms with Gasteiger partial charge in [-0.3, -0.25) is 14.5 Å². The number of amides is 2. The Bertz CT molecular complexity index is 1420. The van der Waals surface area contributed by atoms with Gasteiger partial charge in [0.15, 0.2) is 0 Å². The highest BCUT2D eigenvalue weighted by molar-refractivity contribution is 7.22. The molecule has 4 heterocycles. The second-order valence-electron chi connectivity index (χ2n) is 9.79. The van der Waals surface area contributed by atoms with E-state index in [4.69, 9.17) is 0 Å². The van der Waals surface area contributed by atoms with Crippen LogP contribution in [0.15, 0.2) is 78.9 Å².